The highest BCUT2D eigenvalue weighted by molar-refractivity contribution is 8.00. The van der Waals surface area contributed by atoms with E-state index in [0.29, 0.717) is 30.6 Å². The lowest BCUT2D eigenvalue weighted by Gasteiger charge is -2.37. The molecule has 3 fully saturated rings. The number of carbonyl (C=O) groups excluding carboxylic acids is 2. The summed E-state index contributed by atoms with van der Waals surface area (Å²) in [7, 11) is 4.22. The average molecular weight is 527 g/mol. The third-order valence-corrected chi connectivity index (χ3v) is 9.04. The Bertz CT molecular complexity index is 930. The van der Waals surface area contributed by atoms with Gasteiger partial charge in [0.2, 0.25) is 0 Å². The van der Waals surface area contributed by atoms with Gasteiger partial charge in [-0.2, -0.15) is 13.2 Å². The van der Waals surface area contributed by atoms with Gasteiger partial charge in [0.25, 0.3) is 5.91 Å². The van der Waals surface area contributed by atoms with E-state index in [9.17, 15) is 22.8 Å². The van der Waals surface area contributed by atoms with Crippen LogP contribution in [0.15, 0.2) is 29.2 Å². The molecule has 3 aliphatic rings. The zero-order valence-electron chi connectivity index (χ0n) is 21.5. The number of halogens is 3. The van der Waals surface area contributed by atoms with Crippen molar-refractivity contribution in [3.63, 3.8) is 0 Å². The fraction of sp³-hybridized carbons (Fsp3) is 0.692. The highest BCUT2D eigenvalue weighted by Gasteiger charge is 2.54. The lowest BCUT2D eigenvalue weighted by Crippen LogP contribution is -2.52. The summed E-state index contributed by atoms with van der Waals surface area (Å²) in [5, 5.41) is 3.07. The topological polar surface area (TPSA) is 55.9 Å². The molecular formula is C26H37F3N4O2S. The number of carbonyl (C=O) groups is 2. The van der Waals surface area contributed by atoms with Crippen LogP contribution in [-0.4, -0.2) is 72.1 Å². The van der Waals surface area contributed by atoms with E-state index in [2.05, 4.69) is 43.1 Å². The van der Waals surface area contributed by atoms with Crippen molar-refractivity contribution in [2.75, 3.05) is 32.1 Å². The van der Waals surface area contributed by atoms with Crippen molar-refractivity contribution in [3.05, 3.63) is 24.3 Å². The average Bonchev–Trinajstić information content (AvgIpc) is 3.46. The van der Waals surface area contributed by atoms with Gasteiger partial charge in [0.05, 0.1) is 5.69 Å². The largest absolute Gasteiger partial charge is 0.446 e. The quantitative estimate of drug-likeness (QED) is 0.366. The Labute approximate surface area is 215 Å². The number of thioether (sulfide) groups is 1. The van der Waals surface area contributed by atoms with Crippen molar-refractivity contribution in [3.8, 4) is 0 Å². The number of likely N-dealkylation sites (tertiary alicyclic amines) is 2. The van der Waals surface area contributed by atoms with Crippen molar-refractivity contribution in [1.82, 2.24) is 15.1 Å². The number of nitrogens with zero attached hydrogens (tertiary/aromatic N) is 3. The molecule has 200 valence electrons. The maximum atomic E-state index is 14.0. The summed E-state index contributed by atoms with van der Waals surface area (Å²) in [5.41, 5.74) is -5.14. The number of rotatable bonds is 8. The number of hydrogen-bond acceptors (Lipinski definition) is 5. The van der Waals surface area contributed by atoms with Crippen LogP contribution in [0.5, 0.6) is 0 Å². The molecule has 4 rings (SSSR count). The number of hydrogen-bond donors (Lipinski definition) is 1. The predicted octanol–water partition coefficient (Wildman–Crippen LogP) is 5.33. The highest BCUT2D eigenvalue weighted by Crippen LogP contribution is 2.41. The predicted molar refractivity (Wildman–Crippen MR) is 136 cm³/mol. The molecule has 3 heterocycles. The van der Waals surface area contributed by atoms with Gasteiger partial charge in [0.15, 0.2) is 0 Å². The molecule has 3 saturated heterocycles. The molecule has 1 aromatic rings. The molecule has 3 aliphatic heterocycles. The number of anilines is 1. The van der Waals surface area contributed by atoms with Crippen molar-refractivity contribution in [1.29, 1.82) is 0 Å². The second-order valence-electron chi connectivity index (χ2n) is 10.9. The van der Waals surface area contributed by atoms with Crippen LogP contribution in [0.1, 0.15) is 52.4 Å². The van der Waals surface area contributed by atoms with Crippen molar-refractivity contribution in [2.24, 2.45) is 11.8 Å². The molecule has 3 amide bonds. The zero-order valence-corrected chi connectivity index (χ0v) is 22.3. The number of amides is 3. The van der Waals surface area contributed by atoms with Crippen LogP contribution in [0, 0.1) is 11.8 Å². The first-order chi connectivity index (χ1) is 16.9. The van der Waals surface area contributed by atoms with Crippen LogP contribution in [0.25, 0.3) is 0 Å². The van der Waals surface area contributed by atoms with Crippen LogP contribution >= 0.6 is 11.8 Å². The van der Waals surface area contributed by atoms with Gasteiger partial charge in [-0.15, -0.1) is 0 Å². The number of benzene rings is 1. The minimum Gasteiger partial charge on any atom is -0.323 e. The Balaban J connectivity index is 1.60. The van der Waals surface area contributed by atoms with Gasteiger partial charge in [0, 0.05) is 17.0 Å². The molecule has 0 aromatic heterocycles. The van der Waals surface area contributed by atoms with Gasteiger partial charge in [-0.3, -0.25) is 4.79 Å². The molecule has 0 radical (unpaired) electrons. The van der Waals surface area contributed by atoms with E-state index >= 15 is 0 Å². The Morgan fingerprint density at radius 2 is 1.47 bits per heavy atom. The second-order valence-corrected chi connectivity index (χ2v) is 12.1. The summed E-state index contributed by atoms with van der Waals surface area (Å²) in [6.45, 7) is 6.37. The fourth-order valence-corrected chi connectivity index (χ4v) is 7.23. The SMILES string of the molecule is CC(CC1(CC(C)C2CCCN2C)NC(=O)N(c2ccc(SC(F)(F)F)cc2)C1=O)C1CCCN1C. The third kappa shape index (κ3) is 5.70. The van der Waals surface area contributed by atoms with Crippen LogP contribution in [-0.2, 0) is 4.79 Å². The summed E-state index contributed by atoms with van der Waals surface area (Å²) < 4.78 is 38.3. The van der Waals surface area contributed by atoms with E-state index in [1.165, 1.54) is 24.3 Å². The Kier molecular flexibility index (Phi) is 7.98. The van der Waals surface area contributed by atoms with Crippen LogP contribution in [0.3, 0.4) is 0 Å². The van der Waals surface area contributed by atoms with E-state index in [-0.39, 0.29) is 34.4 Å². The van der Waals surface area contributed by atoms with Gasteiger partial charge in [-0.05, 0) is 114 Å². The summed E-state index contributed by atoms with van der Waals surface area (Å²) in [4.78, 5) is 33.1. The minimum absolute atomic E-state index is 0.0142. The van der Waals surface area contributed by atoms with E-state index in [1.54, 1.807) is 0 Å². The first-order valence-electron chi connectivity index (χ1n) is 12.8. The molecule has 36 heavy (non-hydrogen) atoms. The van der Waals surface area contributed by atoms with Crippen LogP contribution in [0.2, 0.25) is 0 Å². The number of imide groups is 1. The highest BCUT2D eigenvalue weighted by atomic mass is 32.2. The third-order valence-electron chi connectivity index (χ3n) is 8.30. The summed E-state index contributed by atoms with van der Waals surface area (Å²) in [6, 6.07) is 5.65. The molecule has 4 unspecified atom stereocenters. The second kappa shape index (κ2) is 10.5. The molecule has 0 saturated carbocycles. The summed E-state index contributed by atoms with van der Waals surface area (Å²) in [6.07, 6.45) is 5.45. The van der Waals surface area contributed by atoms with Crippen molar-refractivity contribution in [2.45, 2.75) is 80.4 Å². The smallest absolute Gasteiger partial charge is 0.323 e. The molecule has 4 atom stereocenters. The number of urea groups is 1. The maximum Gasteiger partial charge on any atom is 0.446 e. The molecule has 0 aliphatic carbocycles. The van der Waals surface area contributed by atoms with E-state index < -0.39 is 17.1 Å². The molecule has 0 spiro atoms. The zero-order chi connectivity index (χ0) is 26.3. The summed E-state index contributed by atoms with van der Waals surface area (Å²) in [5.74, 6) is 0.0882. The molecule has 1 N–H and O–H groups in total. The van der Waals surface area contributed by atoms with Gasteiger partial charge < -0.3 is 15.1 Å². The number of alkyl halides is 3. The standard InChI is InChI=1S/C26H37F3N4O2S/c1-17(21-7-5-13-31(21)3)15-25(16-18(2)22-8-6-14-32(22)4)23(34)33(24(35)30-25)19-9-11-20(12-10-19)36-26(27,28)29/h9-12,17-18,21-22H,5-8,13-16H2,1-4H3,(H,30,35). The lowest BCUT2D eigenvalue weighted by atomic mass is 9.76. The van der Waals surface area contributed by atoms with Crippen LogP contribution < -0.4 is 10.2 Å². The minimum atomic E-state index is -4.40. The lowest BCUT2D eigenvalue weighted by molar-refractivity contribution is -0.123. The van der Waals surface area contributed by atoms with Crippen LogP contribution in [0.4, 0.5) is 23.7 Å². The maximum absolute atomic E-state index is 14.0. The molecule has 1 aromatic carbocycles. The van der Waals surface area contributed by atoms with Gasteiger partial charge >= 0.3 is 11.5 Å². The van der Waals surface area contributed by atoms with Crippen molar-refractivity contribution < 1.29 is 22.8 Å². The first kappa shape index (κ1) is 27.3. The normalized spacial score (nSPS) is 29.7. The Morgan fingerprint density at radius 1 is 0.972 bits per heavy atom. The molecule has 6 nitrogen and oxygen atoms in total. The summed E-state index contributed by atoms with van der Waals surface area (Å²) >= 11 is -0.215. The monoisotopic (exact) mass is 526 g/mol. The molecule has 10 heteroatoms. The van der Waals surface area contributed by atoms with Gasteiger partial charge in [0.1, 0.15) is 5.54 Å². The fourth-order valence-electron chi connectivity index (χ4n) is 6.69. The first-order valence-corrected chi connectivity index (χ1v) is 13.6. The Morgan fingerprint density at radius 3 is 1.89 bits per heavy atom. The van der Waals surface area contributed by atoms with E-state index in [4.69, 9.17) is 0 Å². The van der Waals surface area contributed by atoms with Gasteiger partial charge in [-0.1, -0.05) is 13.8 Å². The van der Waals surface area contributed by atoms with Gasteiger partial charge in [-0.25, -0.2) is 9.69 Å². The molecule has 0 bridgehead atoms. The van der Waals surface area contributed by atoms with E-state index in [1.807, 2.05) is 0 Å². The molecular weight excluding hydrogens is 489 g/mol. The number of nitrogens with one attached hydrogen (secondary N) is 1. The van der Waals surface area contributed by atoms with E-state index in [0.717, 1.165) is 43.7 Å². The Hall–Kier alpha value is -1.78. The van der Waals surface area contributed by atoms with Crippen molar-refractivity contribution >= 4 is 29.4 Å².